The lowest BCUT2D eigenvalue weighted by Crippen LogP contribution is -2.36. The van der Waals surface area contributed by atoms with Crippen LogP contribution in [0.2, 0.25) is 0 Å². The van der Waals surface area contributed by atoms with Crippen molar-refractivity contribution in [3.05, 3.63) is 34.8 Å². The van der Waals surface area contributed by atoms with Gasteiger partial charge in [-0.3, -0.25) is 4.79 Å². The Hall–Kier alpha value is -2.15. The Kier molecular flexibility index (Phi) is 5.18. The van der Waals surface area contributed by atoms with E-state index in [-0.39, 0.29) is 17.9 Å². The molecule has 0 spiro atoms. The van der Waals surface area contributed by atoms with E-state index >= 15 is 0 Å². The minimum absolute atomic E-state index is 0.125. The second-order valence-corrected chi connectivity index (χ2v) is 8.35. The molecular weight excluding hydrogens is 398 g/mol. The van der Waals surface area contributed by atoms with Crippen LogP contribution in [0.4, 0.5) is 10.6 Å². The number of hydrogen-bond donors (Lipinski definition) is 1. The van der Waals surface area contributed by atoms with E-state index in [0.29, 0.717) is 25.3 Å². The topological polar surface area (TPSA) is 71.5 Å². The van der Waals surface area contributed by atoms with E-state index in [4.69, 9.17) is 4.74 Å². The average molecular weight is 420 g/mol. The van der Waals surface area contributed by atoms with Crippen molar-refractivity contribution in [3.63, 3.8) is 0 Å². The molecule has 0 saturated carbocycles. The van der Waals surface area contributed by atoms with Crippen LogP contribution in [0.15, 0.2) is 34.8 Å². The predicted octanol–water partition coefficient (Wildman–Crippen LogP) is 4.19. The quantitative estimate of drug-likeness (QED) is 0.791. The van der Waals surface area contributed by atoms with Crippen molar-refractivity contribution in [1.82, 2.24) is 9.88 Å². The van der Waals surface area contributed by atoms with Gasteiger partial charge >= 0.3 is 6.09 Å². The van der Waals surface area contributed by atoms with E-state index < -0.39 is 5.60 Å². The van der Waals surface area contributed by atoms with Crippen LogP contribution >= 0.6 is 15.9 Å². The summed E-state index contributed by atoms with van der Waals surface area (Å²) in [5.74, 6) is 0.130. The zero-order chi connectivity index (χ0) is 18.9. The predicted molar refractivity (Wildman–Crippen MR) is 104 cm³/mol. The van der Waals surface area contributed by atoms with Crippen LogP contribution in [0.5, 0.6) is 0 Å². The van der Waals surface area contributed by atoms with Gasteiger partial charge in [0, 0.05) is 22.9 Å². The number of aromatic nitrogens is 1. The Morgan fingerprint density at radius 2 is 2.04 bits per heavy atom. The lowest BCUT2D eigenvalue weighted by Gasteiger charge is -2.24. The lowest BCUT2D eigenvalue weighted by atomic mass is 10.1. The smallest absolute Gasteiger partial charge is 0.410 e. The van der Waals surface area contributed by atoms with Gasteiger partial charge in [0.25, 0.3) is 0 Å². The highest BCUT2D eigenvalue weighted by atomic mass is 79.9. The number of ether oxygens (including phenoxy) is 1. The van der Waals surface area contributed by atoms with Crippen LogP contribution in [-0.4, -0.2) is 40.6 Å². The molecule has 0 radical (unpaired) electrons. The monoisotopic (exact) mass is 419 g/mol. The molecule has 1 fully saturated rings. The van der Waals surface area contributed by atoms with E-state index in [0.717, 1.165) is 15.4 Å². The first-order valence-corrected chi connectivity index (χ1v) is 9.36. The number of nitrogens with one attached hydrogen (secondary N) is 1. The van der Waals surface area contributed by atoms with Crippen LogP contribution in [0, 0.1) is 5.92 Å². The maximum Gasteiger partial charge on any atom is 0.410 e. The summed E-state index contributed by atoms with van der Waals surface area (Å²) >= 11 is 3.43. The Bertz CT molecular complexity index is 848. The number of carbonyl (C=O) groups excluding carboxylic acids is 2. The minimum atomic E-state index is -0.540. The molecule has 2 heterocycles. The molecule has 1 N–H and O–H groups in total. The molecule has 138 valence electrons. The maximum atomic E-state index is 12.5. The van der Waals surface area contributed by atoms with Gasteiger partial charge in [0.2, 0.25) is 5.91 Å². The number of benzene rings is 1. The fourth-order valence-corrected chi connectivity index (χ4v) is 3.24. The number of likely N-dealkylation sites (tertiary alicyclic amines) is 1. The van der Waals surface area contributed by atoms with Crippen molar-refractivity contribution < 1.29 is 14.3 Å². The van der Waals surface area contributed by atoms with E-state index in [2.05, 4.69) is 26.2 Å². The summed E-state index contributed by atoms with van der Waals surface area (Å²) in [5.41, 5.74) is 0.273. The van der Waals surface area contributed by atoms with Crippen LogP contribution in [0.25, 0.3) is 10.9 Å². The summed E-state index contributed by atoms with van der Waals surface area (Å²) in [6.45, 7) is 6.37. The number of fused-ring (bicyclic) bond motifs is 1. The third-order valence-electron chi connectivity index (χ3n) is 4.11. The molecule has 3 rings (SSSR count). The van der Waals surface area contributed by atoms with Crippen LogP contribution < -0.4 is 5.32 Å². The van der Waals surface area contributed by atoms with Crippen molar-refractivity contribution in [2.45, 2.75) is 32.8 Å². The molecule has 1 aliphatic rings. The van der Waals surface area contributed by atoms with Gasteiger partial charge in [-0.25, -0.2) is 9.78 Å². The molecule has 1 unspecified atom stereocenters. The van der Waals surface area contributed by atoms with Crippen molar-refractivity contribution in [2.75, 3.05) is 18.4 Å². The summed E-state index contributed by atoms with van der Waals surface area (Å²) in [6.07, 6.45) is 0.244. The van der Waals surface area contributed by atoms with Gasteiger partial charge in [0.05, 0.1) is 11.4 Å². The van der Waals surface area contributed by atoms with Crippen molar-refractivity contribution >= 4 is 44.7 Å². The Labute approximate surface area is 161 Å². The first kappa shape index (κ1) is 18.6. The van der Waals surface area contributed by atoms with Gasteiger partial charge in [0.15, 0.2) is 0 Å². The van der Waals surface area contributed by atoms with Crippen LogP contribution in [0.1, 0.15) is 27.2 Å². The van der Waals surface area contributed by atoms with Crippen molar-refractivity contribution in [2.24, 2.45) is 5.92 Å². The first-order chi connectivity index (χ1) is 12.2. The molecule has 6 nitrogen and oxygen atoms in total. The number of amides is 2. The summed E-state index contributed by atoms with van der Waals surface area (Å²) in [7, 11) is 0. The summed E-state index contributed by atoms with van der Waals surface area (Å²) in [4.78, 5) is 30.7. The van der Waals surface area contributed by atoms with Gasteiger partial charge in [0.1, 0.15) is 11.4 Å². The molecule has 1 aromatic carbocycles. The zero-order valence-corrected chi connectivity index (χ0v) is 16.7. The number of pyridine rings is 1. The normalized spacial score (nSPS) is 17.4. The Balaban J connectivity index is 1.62. The number of halogens is 1. The molecule has 0 aliphatic carbocycles. The molecular formula is C19H22BrN3O3. The maximum absolute atomic E-state index is 12.5. The highest BCUT2D eigenvalue weighted by molar-refractivity contribution is 9.10. The SMILES string of the molecule is CC(C)(C)OC(=O)N1CCC(C(=O)Nc2ccc3cc(Br)ccc3n2)C1. The molecule has 7 heteroatoms. The largest absolute Gasteiger partial charge is 0.444 e. The molecule has 1 aliphatic heterocycles. The number of hydrogen-bond acceptors (Lipinski definition) is 4. The Morgan fingerprint density at radius 3 is 2.77 bits per heavy atom. The van der Waals surface area contributed by atoms with Gasteiger partial charge in [-0.15, -0.1) is 0 Å². The highest BCUT2D eigenvalue weighted by Crippen LogP contribution is 2.23. The molecule has 2 aromatic rings. The second kappa shape index (κ2) is 7.23. The third kappa shape index (κ3) is 4.52. The van der Waals surface area contributed by atoms with Gasteiger partial charge in [-0.05, 0) is 57.5 Å². The lowest BCUT2D eigenvalue weighted by molar-refractivity contribution is -0.119. The summed E-state index contributed by atoms with van der Waals surface area (Å²) < 4.78 is 6.35. The molecule has 1 atom stereocenters. The summed E-state index contributed by atoms with van der Waals surface area (Å²) in [5, 5.41) is 3.85. The van der Waals surface area contributed by atoms with E-state index in [1.54, 1.807) is 11.0 Å². The van der Waals surface area contributed by atoms with Gasteiger partial charge in [-0.2, -0.15) is 0 Å². The van der Waals surface area contributed by atoms with Crippen molar-refractivity contribution in [1.29, 1.82) is 0 Å². The highest BCUT2D eigenvalue weighted by Gasteiger charge is 2.33. The fourth-order valence-electron chi connectivity index (χ4n) is 2.86. The molecule has 0 bridgehead atoms. The van der Waals surface area contributed by atoms with E-state index in [1.165, 1.54) is 0 Å². The minimum Gasteiger partial charge on any atom is -0.444 e. The van der Waals surface area contributed by atoms with Crippen LogP contribution in [0.3, 0.4) is 0 Å². The van der Waals surface area contributed by atoms with Gasteiger partial charge in [-0.1, -0.05) is 15.9 Å². The molecule has 1 aromatic heterocycles. The van der Waals surface area contributed by atoms with E-state index in [9.17, 15) is 9.59 Å². The number of nitrogens with zero attached hydrogens (tertiary/aromatic N) is 2. The second-order valence-electron chi connectivity index (χ2n) is 7.43. The standard InChI is InChI=1S/C19H22BrN3O3/c1-19(2,3)26-18(25)23-9-8-13(11-23)17(24)22-16-7-4-12-10-14(20)5-6-15(12)21-16/h4-7,10,13H,8-9,11H2,1-3H3,(H,21,22,24). The molecule has 2 amide bonds. The van der Waals surface area contributed by atoms with Gasteiger partial charge < -0.3 is 15.0 Å². The molecule has 26 heavy (non-hydrogen) atoms. The Morgan fingerprint density at radius 1 is 1.27 bits per heavy atom. The number of anilines is 1. The fraction of sp³-hybridized carbons (Fsp3) is 0.421. The van der Waals surface area contributed by atoms with Crippen LogP contribution in [-0.2, 0) is 9.53 Å². The molecule has 1 saturated heterocycles. The zero-order valence-electron chi connectivity index (χ0n) is 15.1. The number of rotatable bonds is 2. The average Bonchev–Trinajstić information content (AvgIpc) is 3.04. The van der Waals surface area contributed by atoms with E-state index in [1.807, 2.05) is 45.0 Å². The first-order valence-electron chi connectivity index (χ1n) is 8.56. The third-order valence-corrected chi connectivity index (χ3v) is 4.61. The summed E-state index contributed by atoms with van der Waals surface area (Å²) in [6, 6.07) is 9.49. The van der Waals surface area contributed by atoms with Crippen molar-refractivity contribution in [3.8, 4) is 0 Å². The number of carbonyl (C=O) groups is 2.